The Morgan fingerprint density at radius 1 is 1.27 bits per heavy atom. The Bertz CT molecular complexity index is 1410. The van der Waals surface area contributed by atoms with E-state index in [1.165, 1.54) is 0 Å². The molecular weight excluding hydrogens is 530 g/mol. The van der Waals surface area contributed by atoms with E-state index in [0.717, 1.165) is 24.0 Å². The Balaban J connectivity index is 1.24. The van der Waals surface area contributed by atoms with Crippen molar-refractivity contribution in [2.75, 3.05) is 31.7 Å². The van der Waals surface area contributed by atoms with Crippen LogP contribution in [0.25, 0.3) is 11.3 Å². The first-order valence-corrected chi connectivity index (χ1v) is 13.7. The second-order valence-electron chi connectivity index (χ2n) is 9.92. The topological polar surface area (TPSA) is 106 Å². The average molecular weight is 562 g/mol. The summed E-state index contributed by atoms with van der Waals surface area (Å²) in [5, 5.41) is 6.73. The molecule has 1 fully saturated rings. The lowest BCUT2D eigenvalue weighted by molar-refractivity contribution is -0.122. The highest BCUT2D eigenvalue weighted by molar-refractivity contribution is 6.33. The van der Waals surface area contributed by atoms with Crippen LogP contribution in [0, 0.1) is 0 Å². The average Bonchev–Trinajstić information content (AvgIpc) is 3.27. The third-order valence-corrected chi connectivity index (χ3v) is 7.28. The molecule has 2 aliphatic rings. The summed E-state index contributed by atoms with van der Waals surface area (Å²) >= 11 is 6.46. The third kappa shape index (κ3) is 6.43. The summed E-state index contributed by atoms with van der Waals surface area (Å²) in [5.74, 6) is 0.747. The smallest absolute Gasteiger partial charge is 0.254 e. The van der Waals surface area contributed by atoms with Crippen molar-refractivity contribution >= 4 is 29.4 Å². The maximum absolute atomic E-state index is 13.3. The number of hydrogen-bond acceptors (Lipinski definition) is 7. The number of ether oxygens (including phenoxy) is 2. The van der Waals surface area contributed by atoms with Crippen molar-refractivity contribution in [3.05, 3.63) is 83.0 Å². The van der Waals surface area contributed by atoms with Crippen molar-refractivity contribution < 1.29 is 19.1 Å². The molecule has 1 atom stereocenters. The lowest BCUT2D eigenvalue weighted by atomic mass is 10.0. The third-order valence-electron chi connectivity index (χ3n) is 7.00. The first-order chi connectivity index (χ1) is 19.4. The van der Waals surface area contributed by atoms with Gasteiger partial charge >= 0.3 is 0 Å². The number of rotatable bonds is 10. The number of hydrogen-bond donors (Lipinski definition) is 2. The van der Waals surface area contributed by atoms with Gasteiger partial charge in [0, 0.05) is 36.9 Å². The van der Waals surface area contributed by atoms with Crippen LogP contribution in [-0.2, 0) is 16.1 Å². The van der Waals surface area contributed by atoms with Gasteiger partial charge in [-0.15, -0.1) is 0 Å². The second kappa shape index (κ2) is 12.5. The summed E-state index contributed by atoms with van der Waals surface area (Å²) in [6, 6.07) is 13.1. The number of carbonyl (C=O) groups is 2. The summed E-state index contributed by atoms with van der Waals surface area (Å²) in [7, 11) is 0. The molecule has 2 aromatic carbocycles. The van der Waals surface area contributed by atoms with Crippen molar-refractivity contribution in [3.63, 3.8) is 0 Å². The molecule has 0 aliphatic carbocycles. The number of halogens is 1. The molecule has 0 radical (unpaired) electrons. The molecule has 1 aromatic heterocycles. The number of aromatic nitrogens is 2. The van der Waals surface area contributed by atoms with Crippen molar-refractivity contribution in [2.24, 2.45) is 0 Å². The first kappa shape index (κ1) is 27.6. The van der Waals surface area contributed by atoms with Gasteiger partial charge in [-0.2, -0.15) is 0 Å². The number of benzene rings is 2. The van der Waals surface area contributed by atoms with Gasteiger partial charge in [0.05, 0.1) is 23.0 Å². The fraction of sp³-hybridized carbons (Fsp3) is 0.333. The molecule has 208 valence electrons. The van der Waals surface area contributed by atoms with Crippen LogP contribution in [0.3, 0.4) is 0 Å². The quantitative estimate of drug-likeness (QED) is 0.343. The molecule has 0 bridgehead atoms. The summed E-state index contributed by atoms with van der Waals surface area (Å²) in [5.41, 5.74) is 3.56. The summed E-state index contributed by atoms with van der Waals surface area (Å²) in [4.78, 5) is 36.6. The van der Waals surface area contributed by atoms with E-state index in [4.69, 9.17) is 21.1 Å². The monoisotopic (exact) mass is 561 g/mol. The van der Waals surface area contributed by atoms with E-state index in [-0.39, 0.29) is 30.4 Å². The SMILES string of the molecule is C=CCOc1cccc([C@@H](C)NC(=O)CN2Cc3ccc(-c4nc(NC5CCOCC5)ncc4Cl)cc3C2=O)c1. The standard InChI is InChI=1S/C30H32ClN5O4/c1-3-11-40-24-6-4-5-20(14-24)19(2)33-27(37)18-36-17-22-8-7-21(15-25(22)29(36)38)28-26(31)16-32-30(35-28)34-23-9-12-39-13-10-23/h3-8,14-16,19,23H,1,9-13,17-18H2,2H3,(H,33,37)(H,32,34,35)/t19-/m1/s1. The largest absolute Gasteiger partial charge is 0.490 e. The number of carbonyl (C=O) groups excluding carboxylic acids is 2. The summed E-state index contributed by atoms with van der Waals surface area (Å²) < 4.78 is 11.0. The van der Waals surface area contributed by atoms with Gasteiger partial charge in [0.15, 0.2) is 0 Å². The predicted octanol–water partition coefficient (Wildman–Crippen LogP) is 4.79. The molecule has 0 spiro atoms. The highest BCUT2D eigenvalue weighted by atomic mass is 35.5. The van der Waals surface area contributed by atoms with Gasteiger partial charge in [-0.1, -0.05) is 48.5 Å². The molecule has 3 aromatic rings. The minimum Gasteiger partial charge on any atom is -0.490 e. The zero-order valence-corrected chi connectivity index (χ0v) is 23.1. The molecule has 0 unspecified atom stereocenters. The van der Waals surface area contributed by atoms with E-state index >= 15 is 0 Å². The van der Waals surface area contributed by atoms with E-state index in [1.54, 1.807) is 23.2 Å². The van der Waals surface area contributed by atoms with Crippen LogP contribution in [0.15, 0.2) is 61.3 Å². The fourth-order valence-electron chi connectivity index (χ4n) is 4.87. The minimum atomic E-state index is -0.254. The molecule has 0 saturated carbocycles. The molecule has 5 rings (SSSR count). The van der Waals surface area contributed by atoms with E-state index in [1.807, 2.05) is 43.3 Å². The van der Waals surface area contributed by atoms with Crippen molar-refractivity contribution in [1.29, 1.82) is 0 Å². The molecule has 1 saturated heterocycles. The zero-order chi connectivity index (χ0) is 28.1. The minimum absolute atomic E-state index is 0.0483. The number of nitrogens with zero attached hydrogens (tertiary/aromatic N) is 3. The number of anilines is 1. The van der Waals surface area contributed by atoms with Crippen LogP contribution >= 0.6 is 11.6 Å². The van der Waals surface area contributed by atoms with Gasteiger partial charge in [-0.05, 0) is 49.1 Å². The molecular formula is C30H32ClN5O4. The second-order valence-corrected chi connectivity index (χ2v) is 10.3. The highest BCUT2D eigenvalue weighted by Gasteiger charge is 2.30. The predicted molar refractivity (Wildman–Crippen MR) is 153 cm³/mol. The Morgan fingerprint density at radius 3 is 2.90 bits per heavy atom. The van der Waals surface area contributed by atoms with Crippen LogP contribution in [-0.4, -0.2) is 59.1 Å². The van der Waals surface area contributed by atoms with Crippen LogP contribution < -0.4 is 15.4 Å². The maximum Gasteiger partial charge on any atom is 0.254 e. The van der Waals surface area contributed by atoms with Crippen molar-refractivity contribution in [1.82, 2.24) is 20.2 Å². The number of amides is 2. The van der Waals surface area contributed by atoms with E-state index in [9.17, 15) is 9.59 Å². The fourth-order valence-corrected chi connectivity index (χ4v) is 5.07. The van der Waals surface area contributed by atoms with E-state index in [0.29, 0.717) is 59.9 Å². The summed E-state index contributed by atoms with van der Waals surface area (Å²) in [6.07, 6.45) is 5.01. The lowest BCUT2D eigenvalue weighted by Gasteiger charge is -2.23. The van der Waals surface area contributed by atoms with Crippen LogP contribution in [0.4, 0.5) is 5.95 Å². The number of fused-ring (bicyclic) bond motifs is 1. The number of nitrogens with one attached hydrogen (secondary N) is 2. The van der Waals surface area contributed by atoms with E-state index < -0.39 is 0 Å². The molecule has 3 heterocycles. The Hall–Kier alpha value is -3.95. The molecule has 40 heavy (non-hydrogen) atoms. The van der Waals surface area contributed by atoms with Crippen LogP contribution in [0.2, 0.25) is 5.02 Å². The van der Waals surface area contributed by atoms with Crippen molar-refractivity contribution in [2.45, 2.75) is 38.4 Å². The molecule has 10 heteroatoms. The van der Waals surface area contributed by atoms with Crippen LogP contribution in [0.5, 0.6) is 5.75 Å². The Kier molecular flexibility index (Phi) is 8.62. The summed E-state index contributed by atoms with van der Waals surface area (Å²) in [6.45, 7) is 7.68. The van der Waals surface area contributed by atoms with Crippen molar-refractivity contribution in [3.8, 4) is 17.0 Å². The maximum atomic E-state index is 13.3. The van der Waals surface area contributed by atoms with Gasteiger partial charge < -0.3 is 25.0 Å². The van der Waals surface area contributed by atoms with E-state index in [2.05, 4.69) is 27.2 Å². The zero-order valence-electron chi connectivity index (χ0n) is 22.4. The normalized spacial score (nSPS) is 15.8. The highest BCUT2D eigenvalue weighted by Crippen LogP contribution is 2.32. The van der Waals surface area contributed by atoms with Crippen LogP contribution in [0.1, 0.15) is 47.3 Å². The van der Waals surface area contributed by atoms with Gasteiger partial charge in [0.1, 0.15) is 18.9 Å². The molecule has 2 amide bonds. The van der Waals surface area contributed by atoms with Gasteiger partial charge in [0.25, 0.3) is 5.91 Å². The van der Waals surface area contributed by atoms with Gasteiger partial charge in [-0.3, -0.25) is 9.59 Å². The molecule has 9 nitrogen and oxygen atoms in total. The Labute approximate surface area is 238 Å². The lowest BCUT2D eigenvalue weighted by Crippen LogP contribution is -2.38. The first-order valence-electron chi connectivity index (χ1n) is 13.3. The van der Waals surface area contributed by atoms with Gasteiger partial charge in [-0.25, -0.2) is 9.97 Å². The Morgan fingerprint density at radius 2 is 2.10 bits per heavy atom. The molecule has 2 aliphatic heterocycles. The van der Waals surface area contributed by atoms with Gasteiger partial charge in [0.2, 0.25) is 11.9 Å². The molecule has 2 N–H and O–H groups in total.